The van der Waals surface area contributed by atoms with Crippen LogP contribution >= 0.6 is 11.3 Å². The maximum atomic E-state index is 5.32. The van der Waals surface area contributed by atoms with Crippen LogP contribution in [0.5, 0.6) is 5.75 Å². The predicted molar refractivity (Wildman–Crippen MR) is 85.7 cm³/mol. The van der Waals surface area contributed by atoms with Crippen LogP contribution in [0, 0.1) is 0 Å². The first-order valence-corrected chi connectivity index (χ1v) is 7.47. The maximum Gasteiger partial charge on any atom is 0.142 e. The third kappa shape index (κ3) is 3.20. The molecule has 0 atom stereocenters. The average molecular weight is 297 g/mol. The highest BCUT2D eigenvalue weighted by Gasteiger charge is 2.06. The lowest BCUT2D eigenvalue weighted by Gasteiger charge is -2.09. The number of nitrogens with one attached hydrogen (secondary N) is 1. The molecule has 2 aromatic heterocycles. The van der Waals surface area contributed by atoms with Crippen molar-refractivity contribution in [1.82, 2.24) is 9.97 Å². The molecule has 5 heteroatoms. The smallest absolute Gasteiger partial charge is 0.142 e. The van der Waals surface area contributed by atoms with E-state index in [0.29, 0.717) is 6.54 Å². The summed E-state index contributed by atoms with van der Waals surface area (Å²) in [6, 6.07) is 13.7. The number of ether oxygens (including phenoxy) is 1. The molecule has 0 saturated heterocycles. The van der Waals surface area contributed by atoms with E-state index in [1.165, 1.54) is 0 Å². The summed E-state index contributed by atoms with van der Waals surface area (Å²) >= 11 is 1.60. The minimum absolute atomic E-state index is 0.656. The van der Waals surface area contributed by atoms with Crippen LogP contribution < -0.4 is 10.1 Å². The molecule has 0 unspecified atom stereocenters. The van der Waals surface area contributed by atoms with Crippen LogP contribution in [0.1, 0.15) is 5.69 Å². The molecule has 3 aromatic rings. The normalized spacial score (nSPS) is 10.3. The van der Waals surface area contributed by atoms with Crippen molar-refractivity contribution in [1.29, 1.82) is 0 Å². The van der Waals surface area contributed by atoms with Gasteiger partial charge in [0.05, 0.1) is 30.7 Å². The van der Waals surface area contributed by atoms with E-state index in [9.17, 15) is 0 Å². The summed E-state index contributed by atoms with van der Waals surface area (Å²) in [4.78, 5) is 8.92. The molecule has 0 aliphatic heterocycles. The standard InChI is InChI=1S/C16H15N3OS/c1-20-15-8-3-2-6-13(15)18-10-12-11-21-16(19-12)14-7-4-5-9-17-14/h2-9,11,18H,10H2,1H3. The zero-order valence-corrected chi connectivity index (χ0v) is 12.4. The Morgan fingerprint density at radius 1 is 1.14 bits per heavy atom. The fourth-order valence-corrected chi connectivity index (χ4v) is 2.77. The molecule has 0 bridgehead atoms. The van der Waals surface area contributed by atoms with E-state index < -0.39 is 0 Å². The molecule has 0 aliphatic rings. The Bertz CT molecular complexity index is 712. The third-order valence-electron chi connectivity index (χ3n) is 3.00. The van der Waals surface area contributed by atoms with Crippen LogP contribution in [-0.4, -0.2) is 17.1 Å². The molecule has 1 N–H and O–H groups in total. The Kier molecular flexibility index (Phi) is 4.12. The van der Waals surface area contributed by atoms with Gasteiger partial charge >= 0.3 is 0 Å². The van der Waals surface area contributed by atoms with E-state index in [1.807, 2.05) is 47.8 Å². The van der Waals surface area contributed by atoms with E-state index in [2.05, 4.69) is 15.3 Å². The number of aromatic nitrogens is 2. The molecule has 0 aliphatic carbocycles. The Balaban J connectivity index is 1.71. The number of para-hydroxylation sites is 2. The van der Waals surface area contributed by atoms with Crippen molar-refractivity contribution in [2.45, 2.75) is 6.54 Å². The van der Waals surface area contributed by atoms with Crippen molar-refractivity contribution in [3.05, 3.63) is 59.7 Å². The van der Waals surface area contributed by atoms with E-state index in [-0.39, 0.29) is 0 Å². The number of pyridine rings is 1. The molecule has 0 radical (unpaired) electrons. The highest BCUT2D eigenvalue weighted by atomic mass is 32.1. The number of methoxy groups -OCH3 is 1. The van der Waals surface area contributed by atoms with Crippen LogP contribution in [0.25, 0.3) is 10.7 Å². The van der Waals surface area contributed by atoms with E-state index in [0.717, 1.165) is 27.8 Å². The highest BCUT2D eigenvalue weighted by Crippen LogP contribution is 2.25. The Hall–Kier alpha value is -2.40. The molecule has 4 nitrogen and oxygen atoms in total. The average Bonchev–Trinajstić information content (AvgIpc) is 3.03. The number of nitrogens with zero attached hydrogens (tertiary/aromatic N) is 2. The zero-order chi connectivity index (χ0) is 14.5. The van der Waals surface area contributed by atoms with Gasteiger partial charge in [-0.3, -0.25) is 4.98 Å². The monoisotopic (exact) mass is 297 g/mol. The molecule has 0 amide bonds. The second kappa shape index (κ2) is 6.37. The topological polar surface area (TPSA) is 47.0 Å². The van der Waals surface area contributed by atoms with Crippen LogP contribution in [0.4, 0.5) is 5.69 Å². The summed E-state index contributed by atoms with van der Waals surface area (Å²) < 4.78 is 5.32. The number of anilines is 1. The molecule has 21 heavy (non-hydrogen) atoms. The minimum Gasteiger partial charge on any atom is -0.495 e. The van der Waals surface area contributed by atoms with Crippen molar-refractivity contribution < 1.29 is 4.74 Å². The lowest BCUT2D eigenvalue weighted by atomic mass is 10.3. The molecule has 0 spiro atoms. The number of thiazole rings is 1. The summed E-state index contributed by atoms with van der Waals surface area (Å²) in [5.74, 6) is 0.831. The van der Waals surface area contributed by atoms with Gasteiger partial charge in [-0.2, -0.15) is 0 Å². The molecule has 0 saturated carbocycles. The second-order valence-electron chi connectivity index (χ2n) is 4.41. The quantitative estimate of drug-likeness (QED) is 0.777. The molecular weight excluding hydrogens is 282 g/mol. The number of hydrogen-bond acceptors (Lipinski definition) is 5. The van der Waals surface area contributed by atoms with Gasteiger partial charge in [-0.15, -0.1) is 11.3 Å². The summed E-state index contributed by atoms with van der Waals surface area (Å²) in [7, 11) is 1.67. The maximum absolute atomic E-state index is 5.32. The van der Waals surface area contributed by atoms with Crippen LogP contribution in [0.2, 0.25) is 0 Å². The van der Waals surface area contributed by atoms with Gasteiger partial charge in [0, 0.05) is 11.6 Å². The first kappa shape index (κ1) is 13.6. The van der Waals surface area contributed by atoms with Crippen molar-refractivity contribution in [3.63, 3.8) is 0 Å². The van der Waals surface area contributed by atoms with Gasteiger partial charge in [-0.25, -0.2) is 4.98 Å². The summed E-state index contributed by atoms with van der Waals surface area (Å²) in [6.07, 6.45) is 1.78. The Morgan fingerprint density at radius 2 is 2.00 bits per heavy atom. The van der Waals surface area contributed by atoms with Crippen molar-refractivity contribution >= 4 is 17.0 Å². The third-order valence-corrected chi connectivity index (χ3v) is 3.92. The molecular formula is C16H15N3OS. The van der Waals surface area contributed by atoms with Gasteiger partial charge in [-0.1, -0.05) is 18.2 Å². The fraction of sp³-hybridized carbons (Fsp3) is 0.125. The number of benzene rings is 1. The van der Waals surface area contributed by atoms with Gasteiger partial charge in [0.1, 0.15) is 10.8 Å². The first-order valence-electron chi connectivity index (χ1n) is 6.59. The summed E-state index contributed by atoms with van der Waals surface area (Å²) in [5, 5.41) is 6.33. The van der Waals surface area contributed by atoms with E-state index >= 15 is 0 Å². The van der Waals surface area contributed by atoms with E-state index in [4.69, 9.17) is 4.74 Å². The molecule has 2 heterocycles. The summed E-state index contributed by atoms with van der Waals surface area (Å²) in [5.41, 5.74) is 2.87. The summed E-state index contributed by atoms with van der Waals surface area (Å²) in [6.45, 7) is 0.656. The molecule has 1 aromatic carbocycles. The first-order chi connectivity index (χ1) is 10.4. The van der Waals surface area contributed by atoms with Crippen molar-refractivity contribution in [2.24, 2.45) is 0 Å². The molecule has 106 valence electrons. The largest absolute Gasteiger partial charge is 0.495 e. The number of rotatable bonds is 5. The van der Waals surface area contributed by atoms with E-state index in [1.54, 1.807) is 24.6 Å². The minimum atomic E-state index is 0.656. The lowest BCUT2D eigenvalue weighted by molar-refractivity contribution is 0.416. The van der Waals surface area contributed by atoms with Crippen LogP contribution in [-0.2, 0) is 6.54 Å². The van der Waals surface area contributed by atoms with Crippen LogP contribution in [0.15, 0.2) is 54.0 Å². The Labute approximate surface area is 127 Å². The van der Waals surface area contributed by atoms with Gasteiger partial charge < -0.3 is 10.1 Å². The lowest BCUT2D eigenvalue weighted by Crippen LogP contribution is -2.01. The molecule has 0 fully saturated rings. The van der Waals surface area contributed by atoms with Gasteiger partial charge in [0.25, 0.3) is 0 Å². The van der Waals surface area contributed by atoms with Gasteiger partial charge in [-0.05, 0) is 24.3 Å². The second-order valence-corrected chi connectivity index (χ2v) is 5.27. The van der Waals surface area contributed by atoms with Crippen LogP contribution in [0.3, 0.4) is 0 Å². The number of hydrogen-bond donors (Lipinski definition) is 1. The highest BCUT2D eigenvalue weighted by molar-refractivity contribution is 7.13. The fourth-order valence-electron chi connectivity index (χ4n) is 1.97. The molecule has 3 rings (SSSR count). The van der Waals surface area contributed by atoms with Crippen molar-refractivity contribution in [2.75, 3.05) is 12.4 Å². The predicted octanol–water partition coefficient (Wildman–Crippen LogP) is 3.83. The van der Waals surface area contributed by atoms with Gasteiger partial charge in [0.2, 0.25) is 0 Å². The SMILES string of the molecule is COc1ccccc1NCc1csc(-c2ccccn2)n1. The zero-order valence-electron chi connectivity index (χ0n) is 11.6. The van der Waals surface area contributed by atoms with Gasteiger partial charge in [0.15, 0.2) is 0 Å². The Morgan fingerprint density at radius 3 is 2.81 bits per heavy atom. The van der Waals surface area contributed by atoms with Crippen molar-refractivity contribution in [3.8, 4) is 16.5 Å².